The van der Waals surface area contributed by atoms with Gasteiger partial charge in [0, 0.05) is 22.8 Å². The van der Waals surface area contributed by atoms with Crippen molar-refractivity contribution >= 4 is 29.0 Å². The van der Waals surface area contributed by atoms with Crippen LogP contribution in [0.1, 0.15) is 12.0 Å². The molecule has 0 unspecified atom stereocenters. The molecule has 5 heteroatoms. The molecule has 0 heterocycles. The number of carbonyl (C=O) groups excluding carboxylic acids is 1. The lowest BCUT2D eigenvalue weighted by molar-refractivity contribution is -0.115. The number of nitrogens with one attached hydrogen (secondary N) is 1. The number of halogens is 1. The Morgan fingerprint density at radius 3 is 2.76 bits per heavy atom. The molecule has 0 saturated carbocycles. The van der Waals surface area contributed by atoms with Crippen LogP contribution in [0.15, 0.2) is 47.4 Å². The van der Waals surface area contributed by atoms with Crippen LogP contribution in [0.4, 0.5) is 15.8 Å². The van der Waals surface area contributed by atoms with Gasteiger partial charge in [-0.25, -0.2) is 4.39 Å². The molecule has 0 atom stereocenters. The molecule has 3 nitrogen and oxygen atoms in total. The van der Waals surface area contributed by atoms with Crippen LogP contribution in [0.5, 0.6) is 0 Å². The van der Waals surface area contributed by atoms with Gasteiger partial charge in [-0.1, -0.05) is 12.1 Å². The number of nitrogen functional groups attached to an aromatic ring is 1. The number of para-hydroxylation sites is 1. The first-order chi connectivity index (χ1) is 10.1. The van der Waals surface area contributed by atoms with Crippen molar-refractivity contribution in [1.29, 1.82) is 0 Å². The molecule has 0 radical (unpaired) electrons. The van der Waals surface area contributed by atoms with Crippen molar-refractivity contribution in [1.82, 2.24) is 0 Å². The van der Waals surface area contributed by atoms with Gasteiger partial charge in [-0.15, -0.1) is 11.8 Å². The molecule has 0 aliphatic heterocycles. The Balaban J connectivity index is 1.82. The zero-order valence-electron chi connectivity index (χ0n) is 11.7. The number of thioether (sulfide) groups is 1. The van der Waals surface area contributed by atoms with E-state index in [4.69, 9.17) is 5.73 Å². The summed E-state index contributed by atoms with van der Waals surface area (Å²) in [5.41, 5.74) is 7.76. The lowest BCUT2D eigenvalue weighted by atomic mass is 10.2. The van der Waals surface area contributed by atoms with Crippen LogP contribution in [0.3, 0.4) is 0 Å². The van der Waals surface area contributed by atoms with Gasteiger partial charge in [0.25, 0.3) is 0 Å². The highest BCUT2D eigenvalue weighted by Crippen LogP contribution is 2.23. The molecule has 0 aromatic heterocycles. The summed E-state index contributed by atoms with van der Waals surface area (Å²) in [5, 5.41) is 2.57. The van der Waals surface area contributed by atoms with Gasteiger partial charge in [0.15, 0.2) is 0 Å². The Bertz CT molecular complexity index is 646. The number of aryl methyl sites for hydroxylation is 1. The van der Waals surface area contributed by atoms with E-state index >= 15 is 0 Å². The van der Waals surface area contributed by atoms with Gasteiger partial charge in [-0.2, -0.15) is 0 Å². The minimum absolute atomic E-state index is 0.195. The highest BCUT2D eigenvalue weighted by molar-refractivity contribution is 7.99. The predicted molar refractivity (Wildman–Crippen MR) is 86.0 cm³/mol. The Kier molecular flexibility index (Phi) is 5.22. The number of nitrogens with two attached hydrogens (primary N) is 1. The zero-order valence-corrected chi connectivity index (χ0v) is 12.5. The van der Waals surface area contributed by atoms with E-state index in [2.05, 4.69) is 5.32 Å². The van der Waals surface area contributed by atoms with Crippen molar-refractivity contribution in [3.63, 3.8) is 0 Å². The Morgan fingerprint density at radius 2 is 2.05 bits per heavy atom. The summed E-state index contributed by atoms with van der Waals surface area (Å²) in [6.45, 7) is 1.95. The summed E-state index contributed by atoms with van der Waals surface area (Å²) in [5.74, 6) is 0.0105. The monoisotopic (exact) mass is 304 g/mol. The Hall–Kier alpha value is -2.01. The third-order valence-corrected chi connectivity index (χ3v) is 3.98. The smallest absolute Gasteiger partial charge is 0.225 e. The van der Waals surface area contributed by atoms with Gasteiger partial charge >= 0.3 is 0 Å². The molecule has 3 N–H and O–H groups in total. The number of carbonyl (C=O) groups is 1. The van der Waals surface area contributed by atoms with Gasteiger partial charge in [0.2, 0.25) is 5.91 Å². The first-order valence-corrected chi connectivity index (χ1v) is 7.58. The number of hydrogen-bond acceptors (Lipinski definition) is 3. The van der Waals surface area contributed by atoms with E-state index in [0.717, 1.165) is 16.1 Å². The highest BCUT2D eigenvalue weighted by Gasteiger charge is 2.06. The topological polar surface area (TPSA) is 55.1 Å². The van der Waals surface area contributed by atoms with E-state index in [1.807, 2.05) is 25.1 Å². The van der Waals surface area contributed by atoms with E-state index in [0.29, 0.717) is 12.2 Å². The average molecular weight is 304 g/mol. The first kappa shape index (κ1) is 15.4. The normalized spacial score (nSPS) is 10.4. The van der Waals surface area contributed by atoms with Crippen molar-refractivity contribution in [2.75, 3.05) is 16.8 Å². The third-order valence-electron chi connectivity index (χ3n) is 2.99. The van der Waals surface area contributed by atoms with E-state index < -0.39 is 5.82 Å². The summed E-state index contributed by atoms with van der Waals surface area (Å²) >= 11 is 1.58. The predicted octanol–water partition coefficient (Wildman–Crippen LogP) is 3.84. The number of anilines is 2. The minimum atomic E-state index is -0.423. The highest BCUT2D eigenvalue weighted by atomic mass is 32.2. The van der Waals surface area contributed by atoms with Crippen LogP contribution >= 0.6 is 11.8 Å². The summed E-state index contributed by atoms with van der Waals surface area (Å²) in [7, 11) is 0. The van der Waals surface area contributed by atoms with Crippen LogP contribution in [0.25, 0.3) is 0 Å². The van der Waals surface area contributed by atoms with Gasteiger partial charge in [0.1, 0.15) is 5.82 Å². The SMILES string of the molecule is Cc1cc(SCCC(=O)Nc2ccccc2F)ccc1N. The molecule has 2 aromatic carbocycles. The first-order valence-electron chi connectivity index (χ1n) is 6.59. The zero-order chi connectivity index (χ0) is 15.2. The number of hydrogen-bond donors (Lipinski definition) is 2. The maximum absolute atomic E-state index is 13.4. The van der Waals surface area contributed by atoms with Gasteiger partial charge in [-0.05, 0) is 42.8 Å². The molecule has 0 aliphatic carbocycles. The minimum Gasteiger partial charge on any atom is -0.399 e. The van der Waals surface area contributed by atoms with Crippen LogP contribution in [0, 0.1) is 12.7 Å². The lowest BCUT2D eigenvalue weighted by Gasteiger charge is -2.07. The van der Waals surface area contributed by atoms with Crippen LogP contribution in [-0.2, 0) is 4.79 Å². The second-order valence-corrected chi connectivity index (χ2v) is 5.81. The number of rotatable bonds is 5. The Morgan fingerprint density at radius 1 is 1.29 bits per heavy atom. The fourth-order valence-corrected chi connectivity index (χ4v) is 2.72. The molecule has 0 aliphatic rings. The van der Waals surface area contributed by atoms with Gasteiger partial charge in [-0.3, -0.25) is 4.79 Å². The van der Waals surface area contributed by atoms with E-state index in [-0.39, 0.29) is 11.6 Å². The van der Waals surface area contributed by atoms with Crippen LogP contribution < -0.4 is 11.1 Å². The standard InChI is InChI=1S/C16H17FN2OS/c1-11-10-12(6-7-14(11)18)21-9-8-16(20)19-15-5-3-2-4-13(15)17/h2-7,10H,8-9,18H2,1H3,(H,19,20). The van der Waals surface area contributed by atoms with Gasteiger partial charge in [0.05, 0.1) is 5.69 Å². The quantitative estimate of drug-likeness (QED) is 0.652. The molecular weight excluding hydrogens is 287 g/mol. The fourth-order valence-electron chi connectivity index (χ4n) is 1.77. The maximum Gasteiger partial charge on any atom is 0.225 e. The van der Waals surface area contributed by atoms with Crippen molar-refractivity contribution < 1.29 is 9.18 Å². The number of benzene rings is 2. The van der Waals surface area contributed by atoms with E-state index in [9.17, 15) is 9.18 Å². The van der Waals surface area contributed by atoms with Gasteiger partial charge < -0.3 is 11.1 Å². The third kappa shape index (κ3) is 4.49. The Labute approximate surface area is 127 Å². The second-order valence-electron chi connectivity index (χ2n) is 4.64. The maximum atomic E-state index is 13.4. The van der Waals surface area contributed by atoms with Crippen molar-refractivity contribution in [2.24, 2.45) is 0 Å². The lowest BCUT2D eigenvalue weighted by Crippen LogP contribution is -2.13. The second kappa shape index (κ2) is 7.13. The molecule has 2 rings (SSSR count). The molecule has 0 bridgehead atoms. The summed E-state index contributed by atoms with van der Waals surface area (Å²) in [6, 6.07) is 11.9. The van der Waals surface area contributed by atoms with Crippen molar-refractivity contribution in [3.05, 3.63) is 53.8 Å². The largest absolute Gasteiger partial charge is 0.399 e. The van der Waals surface area contributed by atoms with E-state index in [1.165, 1.54) is 6.07 Å². The summed E-state index contributed by atoms with van der Waals surface area (Å²) in [4.78, 5) is 12.8. The number of amides is 1. The molecule has 21 heavy (non-hydrogen) atoms. The van der Waals surface area contributed by atoms with E-state index in [1.54, 1.807) is 30.0 Å². The van der Waals surface area contributed by atoms with Crippen molar-refractivity contribution in [2.45, 2.75) is 18.2 Å². The van der Waals surface area contributed by atoms with Crippen LogP contribution in [-0.4, -0.2) is 11.7 Å². The summed E-state index contributed by atoms with van der Waals surface area (Å²) < 4.78 is 13.4. The molecule has 0 spiro atoms. The molecule has 110 valence electrons. The molecule has 0 saturated heterocycles. The fraction of sp³-hybridized carbons (Fsp3) is 0.188. The summed E-state index contributed by atoms with van der Waals surface area (Å²) in [6.07, 6.45) is 0.322. The van der Waals surface area contributed by atoms with Crippen LogP contribution in [0.2, 0.25) is 0 Å². The molecule has 2 aromatic rings. The average Bonchev–Trinajstić information content (AvgIpc) is 2.45. The van der Waals surface area contributed by atoms with Crippen molar-refractivity contribution in [3.8, 4) is 0 Å². The molecule has 1 amide bonds. The molecular formula is C16H17FN2OS. The molecule has 0 fully saturated rings.